The number of rotatable bonds is 9. The van der Waals surface area contributed by atoms with Crippen molar-refractivity contribution in [2.45, 2.75) is 11.4 Å². The fourth-order valence-corrected chi connectivity index (χ4v) is 5.90. The Morgan fingerprint density at radius 2 is 1.93 bits per heavy atom. The highest BCUT2D eigenvalue weighted by Crippen LogP contribution is 2.32. The number of nitrogen functional groups attached to an aromatic ring is 1. The van der Waals surface area contributed by atoms with E-state index in [1.54, 1.807) is 42.7 Å². The lowest BCUT2D eigenvalue weighted by molar-refractivity contribution is 0.0997. The first-order valence-electron chi connectivity index (χ1n) is 12.5. The van der Waals surface area contributed by atoms with Crippen molar-refractivity contribution in [3.8, 4) is 17.3 Å². The van der Waals surface area contributed by atoms with E-state index < -0.39 is 27.2 Å². The van der Waals surface area contributed by atoms with Crippen molar-refractivity contribution in [1.82, 2.24) is 19.2 Å². The van der Waals surface area contributed by atoms with E-state index in [-0.39, 0.29) is 15.6 Å². The van der Waals surface area contributed by atoms with E-state index in [1.807, 2.05) is 22.9 Å². The van der Waals surface area contributed by atoms with Crippen molar-refractivity contribution >= 4 is 61.3 Å². The van der Waals surface area contributed by atoms with Crippen molar-refractivity contribution in [2.75, 3.05) is 22.3 Å². The summed E-state index contributed by atoms with van der Waals surface area (Å²) in [7, 11) is -4.17. The summed E-state index contributed by atoms with van der Waals surface area (Å²) < 4.78 is 37.5. The van der Waals surface area contributed by atoms with Gasteiger partial charge in [0.05, 0.1) is 32.9 Å². The van der Waals surface area contributed by atoms with Crippen LogP contribution in [0.2, 0.25) is 5.02 Å². The van der Waals surface area contributed by atoms with Gasteiger partial charge in [0.1, 0.15) is 11.6 Å². The number of sulfonamides is 1. The van der Waals surface area contributed by atoms with E-state index in [0.29, 0.717) is 36.1 Å². The molecule has 6 rings (SSSR count). The molecular formula is C27H23ClN8O5S. The van der Waals surface area contributed by atoms with Crippen LogP contribution in [0.4, 0.5) is 17.2 Å². The van der Waals surface area contributed by atoms with Gasteiger partial charge >= 0.3 is 0 Å². The maximum Gasteiger partial charge on any atom is 0.261 e. The van der Waals surface area contributed by atoms with Crippen LogP contribution in [0, 0.1) is 0 Å². The van der Waals surface area contributed by atoms with Gasteiger partial charge in [0.25, 0.3) is 15.9 Å². The molecule has 13 nitrogen and oxygen atoms in total. The number of primary amides is 1. The lowest BCUT2D eigenvalue weighted by Gasteiger charge is -2.12. The van der Waals surface area contributed by atoms with Crippen LogP contribution in [0.5, 0.6) is 5.75 Å². The molecule has 2 aromatic carbocycles. The number of halogens is 1. The minimum atomic E-state index is -4.17. The van der Waals surface area contributed by atoms with Gasteiger partial charge in [-0.3, -0.25) is 9.52 Å². The number of pyridine rings is 1. The molecule has 214 valence electrons. The van der Waals surface area contributed by atoms with E-state index in [2.05, 4.69) is 20.1 Å². The molecule has 0 saturated heterocycles. The third-order valence-electron chi connectivity index (χ3n) is 6.53. The molecule has 4 heterocycles. The van der Waals surface area contributed by atoms with E-state index in [1.165, 1.54) is 4.52 Å². The first-order chi connectivity index (χ1) is 20.1. The quantitative estimate of drug-likeness (QED) is 0.162. The highest BCUT2D eigenvalue weighted by molar-refractivity contribution is 7.92. The summed E-state index contributed by atoms with van der Waals surface area (Å²) in [6.07, 6.45) is 3.45. The van der Waals surface area contributed by atoms with Crippen molar-refractivity contribution in [1.29, 1.82) is 0 Å². The zero-order valence-electron chi connectivity index (χ0n) is 21.7. The number of aromatic hydroxyl groups is 1. The second kappa shape index (κ2) is 10.3. The molecule has 15 heteroatoms. The fraction of sp³-hybridized carbons (Fsp3) is 0.0741. The minimum Gasteiger partial charge on any atom is -0.506 e. The molecule has 0 saturated carbocycles. The molecule has 0 aliphatic rings. The van der Waals surface area contributed by atoms with Gasteiger partial charge in [0.15, 0.2) is 11.4 Å². The first-order valence-corrected chi connectivity index (χ1v) is 14.3. The van der Waals surface area contributed by atoms with Gasteiger partial charge in [0, 0.05) is 37.1 Å². The Bertz CT molecular complexity index is 2090. The summed E-state index contributed by atoms with van der Waals surface area (Å²) in [6.45, 7) is 1.07. The zero-order valence-corrected chi connectivity index (χ0v) is 23.2. The number of fused-ring (bicyclic) bond motifs is 2. The predicted molar refractivity (Wildman–Crippen MR) is 158 cm³/mol. The monoisotopic (exact) mass is 606 g/mol. The van der Waals surface area contributed by atoms with Crippen LogP contribution < -0.4 is 21.5 Å². The van der Waals surface area contributed by atoms with E-state index >= 15 is 0 Å². The van der Waals surface area contributed by atoms with Gasteiger partial charge in [-0.2, -0.15) is 4.52 Å². The molecule has 0 unspecified atom stereocenters. The van der Waals surface area contributed by atoms with Crippen LogP contribution in [0.25, 0.3) is 28.1 Å². The van der Waals surface area contributed by atoms with Crippen LogP contribution >= 0.6 is 11.6 Å². The van der Waals surface area contributed by atoms with E-state index in [4.69, 9.17) is 27.5 Å². The van der Waals surface area contributed by atoms with Crippen LogP contribution in [0.15, 0.2) is 82.4 Å². The number of phenols is 1. The number of nitrogens with one attached hydrogen (secondary N) is 2. The molecule has 0 fully saturated rings. The highest BCUT2D eigenvalue weighted by atomic mass is 35.5. The number of aromatic nitrogens is 4. The summed E-state index contributed by atoms with van der Waals surface area (Å²) in [4.78, 5) is 15.8. The molecule has 0 atom stereocenters. The Kier molecular flexibility index (Phi) is 6.63. The second-order valence-corrected chi connectivity index (χ2v) is 11.4. The number of benzene rings is 2. The summed E-state index contributed by atoms with van der Waals surface area (Å²) in [5.41, 5.74) is 13.4. The number of anilines is 3. The Morgan fingerprint density at radius 1 is 1.10 bits per heavy atom. The normalized spacial score (nSPS) is 11.7. The minimum absolute atomic E-state index is 0.289. The number of hydrogen-bond acceptors (Lipinski definition) is 9. The van der Waals surface area contributed by atoms with Gasteiger partial charge in [-0.25, -0.2) is 13.4 Å². The number of nitrogens with two attached hydrogens (primary N) is 2. The molecule has 6 aromatic rings. The molecule has 0 bridgehead atoms. The Balaban J connectivity index is 1.19. The number of nitrogens with zero attached hydrogens (tertiary/aromatic N) is 4. The van der Waals surface area contributed by atoms with Crippen LogP contribution in [-0.4, -0.2) is 45.1 Å². The predicted octanol–water partition coefficient (Wildman–Crippen LogP) is 3.90. The maximum absolute atomic E-state index is 13.1. The number of carbonyl (C=O) groups is 1. The van der Waals surface area contributed by atoms with Gasteiger partial charge in [0.2, 0.25) is 5.82 Å². The molecule has 4 aromatic heterocycles. The van der Waals surface area contributed by atoms with Crippen LogP contribution in [0.3, 0.4) is 0 Å². The molecule has 42 heavy (non-hydrogen) atoms. The van der Waals surface area contributed by atoms with Gasteiger partial charge in [-0.15, -0.1) is 5.10 Å². The zero-order chi connectivity index (χ0) is 29.6. The van der Waals surface area contributed by atoms with Crippen LogP contribution in [0.1, 0.15) is 10.4 Å². The Hall–Kier alpha value is -5.21. The summed E-state index contributed by atoms with van der Waals surface area (Å²) in [6, 6.07) is 16.1. The molecule has 0 spiro atoms. The fourth-order valence-electron chi connectivity index (χ4n) is 4.52. The largest absolute Gasteiger partial charge is 0.506 e. The maximum atomic E-state index is 13.1. The Morgan fingerprint density at radius 3 is 2.69 bits per heavy atom. The molecule has 0 radical (unpaired) electrons. The van der Waals surface area contributed by atoms with Gasteiger partial charge in [-0.05, 0) is 47.9 Å². The molecule has 0 aliphatic heterocycles. The second-order valence-electron chi connectivity index (χ2n) is 9.33. The topological polar surface area (TPSA) is 196 Å². The lowest BCUT2D eigenvalue weighted by atomic mass is 10.2. The van der Waals surface area contributed by atoms with Crippen molar-refractivity contribution < 1.29 is 22.7 Å². The third kappa shape index (κ3) is 5.04. The average molecular weight is 607 g/mol. The first kappa shape index (κ1) is 27.0. The number of amides is 1. The van der Waals surface area contributed by atoms with Gasteiger partial charge in [-0.1, -0.05) is 17.7 Å². The van der Waals surface area contributed by atoms with E-state index in [0.717, 1.165) is 28.7 Å². The smallest absolute Gasteiger partial charge is 0.261 e. The van der Waals surface area contributed by atoms with Crippen molar-refractivity contribution in [3.63, 3.8) is 0 Å². The summed E-state index contributed by atoms with van der Waals surface area (Å²) in [5, 5.41) is 18.3. The molecular weight excluding hydrogens is 584 g/mol. The number of hydrogen-bond donors (Lipinski definition) is 5. The SMILES string of the molecule is NC(=O)c1cc(S(=O)(=O)Nc2ccc3ccn(CCNc4cc(N)n5nc(-c6ccco6)nc5c4)c3c2)cc(Cl)c1O. The standard InChI is InChI=1S/C27H23ClN8O5S/c28-20-14-18(13-19(25(20)37)26(30)38)42(39,40)34-16-4-3-15-5-7-35(21(15)10-16)8-6-31-17-11-23(29)36-24(12-17)32-27(33-36)22-2-1-9-41-22/h1-5,7,9-14,31,34,37H,6,8,29H2,(H2,30,38). The summed E-state index contributed by atoms with van der Waals surface area (Å²) >= 11 is 5.93. The third-order valence-corrected chi connectivity index (χ3v) is 8.18. The van der Waals surface area contributed by atoms with E-state index in [9.17, 15) is 18.3 Å². The van der Waals surface area contributed by atoms with Crippen LogP contribution in [-0.2, 0) is 16.6 Å². The average Bonchev–Trinajstić information content (AvgIpc) is 3.70. The molecule has 0 aliphatic carbocycles. The number of carbonyl (C=O) groups excluding carboxylic acids is 1. The Labute approximate surface area is 243 Å². The van der Waals surface area contributed by atoms with Crippen molar-refractivity contribution in [2.24, 2.45) is 5.73 Å². The lowest BCUT2D eigenvalue weighted by Crippen LogP contribution is -2.16. The summed E-state index contributed by atoms with van der Waals surface area (Å²) in [5.74, 6) is -0.228. The van der Waals surface area contributed by atoms with Crippen molar-refractivity contribution in [3.05, 3.63) is 83.7 Å². The molecule has 7 N–H and O–H groups in total. The van der Waals surface area contributed by atoms with Gasteiger partial charge < -0.3 is 30.9 Å². The number of furan rings is 1. The highest BCUT2D eigenvalue weighted by Gasteiger charge is 2.21. The molecule has 1 amide bonds.